The molecule has 0 heterocycles. The molecule has 1 aliphatic carbocycles. The quantitative estimate of drug-likeness (QED) is 0.877. The minimum absolute atomic E-state index is 0.196. The third-order valence-electron chi connectivity index (χ3n) is 2.72. The van der Waals surface area contributed by atoms with Crippen molar-refractivity contribution in [2.75, 3.05) is 0 Å². The minimum Gasteiger partial charge on any atom is -0.307 e. The Labute approximate surface area is 91.8 Å². The van der Waals surface area contributed by atoms with Crippen LogP contribution in [-0.4, -0.2) is 5.54 Å². The number of nitrogens with one attached hydrogen (secondary N) is 1. The molecule has 76 valence electrons. The lowest BCUT2D eigenvalue weighted by atomic mass is 10.2. The number of hydrogen-bond donors (Lipinski definition) is 1. The second-order valence-corrected chi connectivity index (χ2v) is 5.00. The molecule has 14 heavy (non-hydrogen) atoms. The first-order valence-electron chi connectivity index (χ1n) is 4.78. The summed E-state index contributed by atoms with van der Waals surface area (Å²) in [4.78, 5) is 0. The average Bonchev–Trinajstić information content (AvgIpc) is 2.83. The van der Waals surface area contributed by atoms with Crippen LogP contribution >= 0.6 is 15.9 Å². The summed E-state index contributed by atoms with van der Waals surface area (Å²) in [5, 5.41) is 3.46. The van der Waals surface area contributed by atoms with Crippen LogP contribution < -0.4 is 5.32 Å². The zero-order valence-electron chi connectivity index (χ0n) is 8.11. The highest BCUT2D eigenvalue weighted by Crippen LogP contribution is 2.34. The van der Waals surface area contributed by atoms with E-state index in [1.54, 1.807) is 0 Å². The van der Waals surface area contributed by atoms with Crippen molar-refractivity contribution in [3.05, 3.63) is 34.1 Å². The van der Waals surface area contributed by atoms with E-state index in [1.165, 1.54) is 25.0 Å². The van der Waals surface area contributed by atoms with Crippen molar-refractivity contribution < 1.29 is 4.39 Å². The maximum atomic E-state index is 12.8. The Morgan fingerprint density at radius 2 is 2.21 bits per heavy atom. The van der Waals surface area contributed by atoms with E-state index in [0.717, 1.165) is 16.6 Å². The van der Waals surface area contributed by atoms with Gasteiger partial charge in [0.05, 0.1) is 0 Å². The van der Waals surface area contributed by atoms with E-state index in [2.05, 4.69) is 28.2 Å². The van der Waals surface area contributed by atoms with Gasteiger partial charge in [0.25, 0.3) is 0 Å². The molecule has 0 saturated heterocycles. The van der Waals surface area contributed by atoms with Gasteiger partial charge in [-0.05, 0) is 37.5 Å². The van der Waals surface area contributed by atoms with Gasteiger partial charge in [0.1, 0.15) is 5.82 Å². The number of halogens is 2. The number of benzene rings is 1. The summed E-state index contributed by atoms with van der Waals surface area (Å²) in [7, 11) is 0. The van der Waals surface area contributed by atoms with Crippen molar-refractivity contribution >= 4 is 15.9 Å². The summed E-state index contributed by atoms with van der Waals surface area (Å²) in [5.41, 5.74) is 1.44. The summed E-state index contributed by atoms with van der Waals surface area (Å²) in [5.74, 6) is -0.196. The normalized spacial score (nSPS) is 18.2. The third kappa shape index (κ3) is 2.34. The highest BCUT2D eigenvalue weighted by molar-refractivity contribution is 9.10. The standard InChI is InChI=1S/C11H13BrFN/c1-11(4-5-11)14-7-8-2-3-9(13)6-10(8)12/h2-3,6,14H,4-5,7H2,1H3. The van der Waals surface area contributed by atoms with Crippen molar-refractivity contribution in [1.29, 1.82) is 0 Å². The van der Waals surface area contributed by atoms with Gasteiger partial charge < -0.3 is 5.32 Å². The van der Waals surface area contributed by atoms with Crippen molar-refractivity contribution in [3.8, 4) is 0 Å². The van der Waals surface area contributed by atoms with E-state index in [-0.39, 0.29) is 5.82 Å². The van der Waals surface area contributed by atoms with Crippen molar-refractivity contribution in [2.45, 2.75) is 31.8 Å². The smallest absolute Gasteiger partial charge is 0.124 e. The van der Waals surface area contributed by atoms with Crippen LogP contribution in [0.3, 0.4) is 0 Å². The fraction of sp³-hybridized carbons (Fsp3) is 0.455. The van der Waals surface area contributed by atoms with E-state index in [0.29, 0.717) is 5.54 Å². The lowest BCUT2D eigenvalue weighted by Gasteiger charge is -2.12. The number of rotatable bonds is 3. The molecule has 1 aromatic rings. The summed E-state index contributed by atoms with van der Waals surface area (Å²) in [6.45, 7) is 3.02. The monoisotopic (exact) mass is 257 g/mol. The van der Waals surface area contributed by atoms with Gasteiger partial charge in [-0.1, -0.05) is 22.0 Å². The molecule has 0 aliphatic heterocycles. The van der Waals surface area contributed by atoms with Gasteiger partial charge in [0.2, 0.25) is 0 Å². The second-order valence-electron chi connectivity index (χ2n) is 4.15. The topological polar surface area (TPSA) is 12.0 Å². The molecule has 1 aromatic carbocycles. The van der Waals surface area contributed by atoms with E-state index >= 15 is 0 Å². The van der Waals surface area contributed by atoms with E-state index in [1.807, 2.05) is 6.07 Å². The van der Waals surface area contributed by atoms with Crippen LogP contribution in [0.2, 0.25) is 0 Å². The first-order valence-corrected chi connectivity index (χ1v) is 5.57. The van der Waals surface area contributed by atoms with Gasteiger partial charge in [-0.15, -0.1) is 0 Å². The molecule has 1 aliphatic rings. The molecule has 0 bridgehead atoms. The molecule has 3 heteroatoms. The second kappa shape index (κ2) is 3.63. The Morgan fingerprint density at radius 1 is 1.50 bits per heavy atom. The Morgan fingerprint density at radius 3 is 2.79 bits per heavy atom. The van der Waals surface area contributed by atoms with E-state index < -0.39 is 0 Å². The first-order chi connectivity index (χ1) is 6.59. The molecular formula is C11H13BrFN. The molecule has 1 saturated carbocycles. The Hall–Kier alpha value is -0.410. The molecule has 1 nitrogen and oxygen atoms in total. The molecule has 2 rings (SSSR count). The molecule has 0 aromatic heterocycles. The molecule has 0 radical (unpaired) electrons. The average molecular weight is 258 g/mol. The van der Waals surface area contributed by atoms with Gasteiger partial charge in [-0.25, -0.2) is 4.39 Å². The predicted molar refractivity (Wildman–Crippen MR) is 58.6 cm³/mol. The minimum atomic E-state index is -0.196. The van der Waals surface area contributed by atoms with Gasteiger partial charge in [-0.2, -0.15) is 0 Å². The summed E-state index contributed by atoms with van der Waals surface area (Å²) >= 11 is 3.36. The van der Waals surface area contributed by atoms with Crippen LogP contribution in [0.1, 0.15) is 25.3 Å². The predicted octanol–water partition coefficient (Wildman–Crippen LogP) is 3.23. The third-order valence-corrected chi connectivity index (χ3v) is 3.46. The zero-order chi connectivity index (χ0) is 10.2. The highest BCUT2D eigenvalue weighted by Gasteiger charge is 2.36. The summed E-state index contributed by atoms with van der Waals surface area (Å²) in [6.07, 6.45) is 2.48. The Bertz CT molecular complexity index is 347. The van der Waals surface area contributed by atoms with Crippen LogP contribution in [0.25, 0.3) is 0 Å². The number of hydrogen-bond acceptors (Lipinski definition) is 1. The summed E-state index contributed by atoms with van der Waals surface area (Å²) < 4.78 is 13.6. The van der Waals surface area contributed by atoms with E-state index in [9.17, 15) is 4.39 Å². The van der Waals surface area contributed by atoms with Crippen molar-refractivity contribution in [2.24, 2.45) is 0 Å². The van der Waals surface area contributed by atoms with Crippen LogP contribution in [0.5, 0.6) is 0 Å². The fourth-order valence-corrected chi connectivity index (χ4v) is 1.83. The van der Waals surface area contributed by atoms with Crippen molar-refractivity contribution in [1.82, 2.24) is 5.32 Å². The zero-order valence-corrected chi connectivity index (χ0v) is 9.70. The lowest BCUT2D eigenvalue weighted by Crippen LogP contribution is -2.27. The van der Waals surface area contributed by atoms with E-state index in [4.69, 9.17) is 0 Å². The van der Waals surface area contributed by atoms with Gasteiger partial charge in [0, 0.05) is 16.6 Å². The molecule has 0 spiro atoms. The Kier molecular flexibility index (Phi) is 2.62. The highest BCUT2D eigenvalue weighted by atomic mass is 79.9. The fourth-order valence-electron chi connectivity index (χ4n) is 1.34. The maximum Gasteiger partial charge on any atom is 0.124 e. The molecule has 1 fully saturated rings. The summed E-state index contributed by atoms with van der Waals surface area (Å²) in [6, 6.07) is 4.82. The van der Waals surface area contributed by atoms with Crippen LogP contribution in [0.4, 0.5) is 4.39 Å². The van der Waals surface area contributed by atoms with Crippen LogP contribution in [0.15, 0.2) is 22.7 Å². The molecule has 0 amide bonds. The Balaban J connectivity index is 2.02. The maximum absolute atomic E-state index is 12.8. The van der Waals surface area contributed by atoms with Gasteiger partial charge in [0.15, 0.2) is 0 Å². The van der Waals surface area contributed by atoms with Gasteiger partial charge >= 0.3 is 0 Å². The molecule has 1 N–H and O–H groups in total. The molecule has 0 unspecified atom stereocenters. The van der Waals surface area contributed by atoms with Crippen molar-refractivity contribution in [3.63, 3.8) is 0 Å². The van der Waals surface area contributed by atoms with Crippen LogP contribution in [0, 0.1) is 5.82 Å². The van der Waals surface area contributed by atoms with Crippen LogP contribution in [-0.2, 0) is 6.54 Å². The lowest BCUT2D eigenvalue weighted by molar-refractivity contribution is 0.536. The molecular weight excluding hydrogens is 245 g/mol. The molecule has 0 atom stereocenters. The SMILES string of the molecule is CC1(NCc2ccc(F)cc2Br)CC1. The largest absolute Gasteiger partial charge is 0.307 e. The van der Waals surface area contributed by atoms with Gasteiger partial charge in [-0.3, -0.25) is 0 Å². The first kappa shape index (κ1) is 10.1.